The molecule has 1 saturated carbocycles. The smallest absolute Gasteiger partial charge is 0.272 e. The van der Waals surface area contributed by atoms with Crippen LogP contribution in [0.15, 0.2) is 36.4 Å². The van der Waals surface area contributed by atoms with Crippen molar-refractivity contribution in [2.24, 2.45) is 17.8 Å². The Balaban J connectivity index is 1.27. The van der Waals surface area contributed by atoms with E-state index in [9.17, 15) is 14.5 Å². The Hall–Kier alpha value is -2.73. The Morgan fingerprint density at radius 2 is 1.88 bits per heavy atom. The number of anilines is 1. The molecule has 5 nitrogen and oxygen atoms in total. The molecule has 1 saturated heterocycles. The molecule has 2 aromatic rings. The second-order valence-electron chi connectivity index (χ2n) is 10.2. The van der Waals surface area contributed by atoms with Crippen molar-refractivity contribution in [1.29, 1.82) is 0 Å². The van der Waals surface area contributed by atoms with Crippen LogP contribution >= 0.6 is 0 Å². The van der Waals surface area contributed by atoms with E-state index in [-0.39, 0.29) is 5.69 Å². The van der Waals surface area contributed by atoms with E-state index in [0.29, 0.717) is 18.5 Å². The molecule has 0 spiro atoms. The van der Waals surface area contributed by atoms with Gasteiger partial charge in [0.1, 0.15) is 5.82 Å². The minimum atomic E-state index is -0.559. The van der Waals surface area contributed by atoms with Crippen molar-refractivity contribution in [3.63, 3.8) is 0 Å². The van der Waals surface area contributed by atoms with Crippen molar-refractivity contribution in [3.05, 3.63) is 74.6 Å². The van der Waals surface area contributed by atoms with Crippen LogP contribution in [-0.4, -0.2) is 24.6 Å². The van der Waals surface area contributed by atoms with Crippen molar-refractivity contribution >= 4 is 16.9 Å². The van der Waals surface area contributed by atoms with E-state index in [1.165, 1.54) is 56.0 Å². The number of aryl methyl sites for hydroxylation is 2. The average Bonchev–Trinajstić information content (AvgIpc) is 3.42. The number of benzene rings is 2. The fourth-order valence-electron chi connectivity index (χ4n) is 6.33. The van der Waals surface area contributed by atoms with Gasteiger partial charge in [-0.3, -0.25) is 10.1 Å². The Labute approximate surface area is 201 Å². The number of nitrogens with one attached hydrogen (secondary N) is 2. The van der Waals surface area contributed by atoms with Crippen LogP contribution in [0.4, 0.5) is 15.8 Å². The zero-order chi connectivity index (χ0) is 23.7. The minimum absolute atomic E-state index is 0.212. The van der Waals surface area contributed by atoms with Crippen LogP contribution in [0.5, 0.6) is 0 Å². The summed E-state index contributed by atoms with van der Waals surface area (Å²) in [5.41, 5.74) is 6.39. The zero-order valence-electron chi connectivity index (χ0n) is 19.9. The predicted molar refractivity (Wildman–Crippen MR) is 135 cm³/mol. The van der Waals surface area contributed by atoms with Gasteiger partial charge in [-0.15, -0.1) is 0 Å². The summed E-state index contributed by atoms with van der Waals surface area (Å²) in [6.45, 7) is 5.35. The van der Waals surface area contributed by atoms with E-state index in [1.807, 2.05) is 0 Å². The lowest BCUT2D eigenvalue weighted by atomic mass is 9.88. The molecule has 180 valence electrons. The third-order valence-corrected chi connectivity index (χ3v) is 8.15. The van der Waals surface area contributed by atoms with Crippen molar-refractivity contribution < 1.29 is 9.31 Å². The van der Waals surface area contributed by atoms with Gasteiger partial charge in [0, 0.05) is 30.3 Å². The van der Waals surface area contributed by atoms with Crippen molar-refractivity contribution in [2.45, 2.75) is 51.9 Å². The van der Waals surface area contributed by atoms with Gasteiger partial charge in [-0.25, -0.2) is 4.39 Å². The van der Waals surface area contributed by atoms with Crippen molar-refractivity contribution in [1.82, 2.24) is 5.32 Å². The summed E-state index contributed by atoms with van der Waals surface area (Å²) in [6.07, 6.45) is 9.98. The maximum Gasteiger partial charge on any atom is 0.272 e. The third kappa shape index (κ3) is 4.74. The molecule has 2 fully saturated rings. The molecule has 5 rings (SSSR count). The molecular formula is C28H34FN3O2. The van der Waals surface area contributed by atoms with Gasteiger partial charge in [0.05, 0.1) is 11.0 Å². The highest BCUT2D eigenvalue weighted by Gasteiger charge is 2.36. The molecule has 0 radical (unpaired) electrons. The van der Waals surface area contributed by atoms with Gasteiger partial charge in [0.2, 0.25) is 0 Å². The van der Waals surface area contributed by atoms with E-state index < -0.39 is 10.7 Å². The molecule has 1 aliphatic carbocycles. The Morgan fingerprint density at radius 1 is 1.09 bits per heavy atom. The summed E-state index contributed by atoms with van der Waals surface area (Å²) >= 11 is 0. The molecule has 0 bridgehead atoms. The van der Waals surface area contributed by atoms with Gasteiger partial charge in [-0.05, 0) is 103 Å². The van der Waals surface area contributed by atoms with Crippen molar-refractivity contribution in [2.75, 3.05) is 25.0 Å². The topological polar surface area (TPSA) is 67.2 Å². The van der Waals surface area contributed by atoms with Gasteiger partial charge in [0.15, 0.2) is 0 Å². The third-order valence-electron chi connectivity index (χ3n) is 8.15. The highest BCUT2D eigenvalue weighted by molar-refractivity contribution is 5.81. The maximum atomic E-state index is 14.5. The van der Waals surface area contributed by atoms with E-state index in [0.717, 1.165) is 53.5 Å². The number of allylic oxidation sites excluding steroid dienone is 1. The van der Waals surface area contributed by atoms with Crippen LogP contribution in [-0.2, 0) is 19.3 Å². The van der Waals surface area contributed by atoms with E-state index in [2.05, 4.69) is 35.8 Å². The Kier molecular flexibility index (Phi) is 6.68. The molecule has 34 heavy (non-hydrogen) atoms. The molecule has 0 aromatic heterocycles. The standard InChI is InChI=1S/C28H34FN3O2/c1-2-19-13-26-21(12-22-6-7-25(32(33)34)15-27(22)29)8-9-31-28(26)14-20(19)5-3-4-18-10-23-16-30-17-24(23)11-18/h6-8,13-15,18,23-24,30-31H,2-5,9-12,16-17H2,1H3. The molecule has 2 N–H and O–H groups in total. The second kappa shape index (κ2) is 9.87. The van der Waals surface area contributed by atoms with Gasteiger partial charge < -0.3 is 10.6 Å². The molecule has 2 atom stereocenters. The second-order valence-corrected chi connectivity index (χ2v) is 10.2. The van der Waals surface area contributed by atoms with Crippen LogP contribution in [0.25, 0.3) is 5.57 Å². The van der Waals surface area contributed by atoms with E-state index in [4.69, 9.17) is 0 Å². The molecule has 2 heterocycles. The number of halogens is 1. The monoisotopic (exact) mass is 463 g/mol. The summed E-state index contributed by atoms with van der Waals surface area (Å²) in [4.78, 5) is 10.4. The van der Waals surface area contributed by atoms with Crippen LogP contribution < -0.4 is 10.6 Å². The molecular weight excluding hydrogens is 429 g/mol. The largest absolute Gasteiger partial charge is 0.381 e. The molecule has 2 unspecified atom stereocenters. The molecule has 6 heteroatoms. The quantitative estimate of drug-likeness (QED) is 0.377. The lowest BCUT2D eigenvalue weighted by molar-refractivity contribution is -0.385. The summed E-state index contributed by atoms with van der Waals surface area (Å²) in [5.74, 6) is 2.20. The minimum Gasteiger partial charge on any atom is -0.381 e. The lowest BCUT2D eigenvalue weighted by Gasteiger charge is -2.23. The van der Waals surface area contributed by atoms with Crippen LogP contribution in [0.3, 0.4) is 0 Å². The van der Waals surface area contributed by atoms with Crippen LogP contribution in [0.2, 0.25) is 0 Å². The summed E-state index contributed by atoms with van der Waals surface area (Å²) in [6, 6.07) is 8.53. The van der Waals surface area contributed by atoms with E-state index in [1.54, 1.807) is 6.07 Å². The van der Waals surface area contributed by atoms with Gasteiger partial charge in [-0.2, -0.15) is 0 Å². The first kappa shape index (κ1) is 23.0. The normalized spacial score (nSPS) is 23.2. The fraction of sp³-hybridized carbons (Fsp3) is 0.500. The number of non-ortho nitro benzene ring substituents is 1. The first-order chi connectivity index (χ1) is 16.5. The highest BCUT2D eigenvalue weighted by atomic mass is 19.1. The van der Waals surface area contributed by atoms with Gasteiger partial charge in [-0.1, -0.05) is 19.4 Å². The number of rotatable bonds is 8. The van der Waals surface area contributed by atoms with Gasteiger partial charge in [0.25, 0.3) is 5.69 Å². The van der Waals surface area contributed by atoms with Crippen LogP contribution in [0, 0.1) is 33.7 Å². The molecule has 2 aliphatic heterocycles. The lowest BCUT2D eigenvalue weighted by Crippen LogP contribution is -2.12. The fourth-order valence-corrected chi connectivity index (χ4v) is 6.33. The zero-order valence-corrected chi connectivity index (χ0v) is 19.9. The Morgan fingerprint density at radius 3 is 2.59 bits per heavy atom. The summed E-state index contributed by atoms with van der Waals surface area (Å²) in [5, 5.41) is 18.0. The number of nitro groups is 1. The van der Waals surface area contributed by atoms with Crippen molar-refractivity contribution in [3.8, 4) is 0 Å². The first-order valence-corrected chi connectivity index (χ1v) is 12.7. The summed E-state index contributed by atoms with van der Waals surface area (Å²) < 4.78 is 14.5. The first-order valence-electron chi connectivity index (χ1n) is 12.7. The Bertz CT molecular complexity index is 1100. The number of fused-ring (bicyclic) bond motifs is 2. The molecule has 0 amide bonds. The number of hydrogen-bond donors (Lipinski definition) is 2. The number of nitro benzene ring substituents is 1. The molecule has 3 aliphatic rings. The predicted octanol–water partition coefficient (Wildman–Crippen LogP) is 5.92. The van der Waals surface area contributed by atoms with Crippen LogP contribution in [0.1, 0.15) is 54.9 Å². The van der Waals surface area contributed by atoms with E-state index >= 15 is 0 Å². The van der Waals surface area contributed by atoms with Gasteiger partial charge >= 0.3 is 0 Å². The SMILES string of the molecule is CCc1cc2c(cc1CCCC1CC3CNCC3C1)NCC=C2Cc1ccc([N+](=O)[O-])cc1F. The summed E-state index contributed by atoms with van der Waals surface area (Å²) in [7, 11) is 0. The average molecular weight is 464 g/mol. The maximum absolute atomic E-state index is 14.5. The number of hydrogen-bond acceptors (Lipinski definition) is 4. The highest BCUT2D eigenvalue weighted by Crippen LogP contribution is 2.41. The molecule has 2 aromatic carbocycles. The number of nitrogens with zero attached hydrogens (tertiary/aromatic N) is 1.